The van der Waals surface area contributed by atoms with Crippen LogP contribution in [0.25, 0.3) is 0 Å². The van der Waals surface area contributed by atoms with Gasteiger partial charge < -0.3 is 5.32 Å². The summed E-state index contributed by atoms with van der Waals surface area (Å²) in [6.45, 7) is 7.48. The van der Waals surface area contributed by atoms with E-state index in [0.29, 0.717) is 11.2 Å². The molecule has 1 fully saturated rings. The van der Waals surface area contributed by atoms with Crippen LogP contribution in [0.1, 0.15) is 60.1 Å². The molecule has 3 nitrogen and oxygen atoms in total. The van der Waals surface area contributed by atoms with Gasteiger partial charge in [-0.05, 0) is 51.0 Å². The van der Waals surface area contributed by atoms with Crippen molar-refractivity contribution >= 4 is 11.8 Å². The van der Waals surface area contributed by atoms with Crippen LogP contribution in [0.4, 0.5) is 0 Å². The fourth-order valence-corrected chi connectivity index (χ4v) is 4.20. The smallest absolute Gasteiger partial charge is 0.141 e. The molecule has 0 aliphatic carbocycles. The summed E-state index contributed by atoms with van der Waals surface area (Å²) in [6.07, 6.45) is 3.89. The van der Waals surface area contributed by atoms with Crippen molar-refractivity contribution in [2.75, 3.05) is 19.3 Å². The maximum atomic E-state index is 4.80. The van der Waals surface area contributed by atoms with Crippen LogP contribution >= 0.6 is 11.8 Å². The fourth-order valence-electron chi connectivity index (χ4n) is 2.96. The Balaban J connectivity index is 2.25. The van der Waals surface area contributed by atoms with Crippen molar-refractivity contribution in [3.63, 3.8) is 0 Å². The lowest BCUT2D eigenvalue weighted by atomic mass is 9.98. The minimum atomic E-state index is 0.470. The predicted molar refractivity (Wildman–Crippen MR) is 82.9 cm³/mol. The average Bonchev–Trinajstić information content (AvgIpc) is 2.39. The maximum Gasteiger partial charge on any atom is 0.141 e. The molecular formula is C15H25N3S. The number of nitrogens with zero attached hydrogens (tertiary/aromatic N) is 2. The SMILES string of the molecule is CNCC(C)c1c(C)nc(C2CCCCS2)nc1C. The van der Waals surface area contributed by atoms with E-state index in [1.165, 1.54) is 30.6 Å². The van der Waals surface area contributed by atoms with E-state index in [4.69, 9.17) is 9.97 Å². The second-order valence-corrected chi connectivity index (χ2v) is 6.79. The number of thioether (sulfide) groups is 1. The van der Waals surface area contributed by atoms with Crippen LogP contribution in [0.3, 0.4) is 0 Å². The van der Waals surface area contributed by atoms with Crippen molar-refractivity contribution in [1.82, 2.24) is 15.3 Å². The molecule has 1 aromatic heterocycles. The van der Waals surface area contributed by atoms with E-state index in [1.54, 1.807) is 0 Å². The molecule has 0 saturated carbocycles. The molecule has 1 aromatic rings. The zero-order valence-corrected chi connectivity index (χ0v) is 13.3. The highest BCUT2D eigenvalue weighted by molar-refractivity contribution is 7.99. The normalized spacial score (nSPS) is 21.4. The molecule has 2 unspecified atom stereocenters. The van der Waals surface area contributed by atoms with E-state index in [-0.39, 0.29) is 0 Å². The van der Waals surface area contributed by atoms with Gasteiger partial charge in [-0.25, -0.2) is 9.97 Å². The molecule has 2 atom stereocenters. The number of likely N-dealkylation sites (N-methyl/N-ethyl adjacent to an activating group) is 1. The summed E-state index contributed by atoms with van der Waals surface area (Å²) in [5, 5.41) is 3.75. The summed E-state index contributed by atoms with van der Waals surface area (Å²) in [5.74, 6) is 2.78. The molecular weight excluding hydrogens is 254 g/mol. The van der Waals surface area contributed by atoms with Gasteiger partial charge in [-0.2, -0.15) is 11.8 Å². The summed E-state index contributed by atoms with van der Waals surface area (Å²) in [6, 6.07) is 0. The van der Waals surface area contributed by atoms with E-state index >= 15 is 0 Å². The van der Waals surface area contributed by atoms with E-state index < -0.39 is 0 Å². The van der Waals surface area contributed by atoms with E-state index in [2.05, 4.69) is 26.1 Å². The van der Waals surface area contributed by atoms with Crippen molar-refractivity contribution < 1.29 is 0 Å². The molecule has 0 radical (unpaired) electrons. The van der Waals surface area contributed by atoms with Gasteiger partial charge in [-0.15, -0.1) is 0 Å². The molecule has 19 heavy (non-hydrogen) atoms. The van der Waals surface area contributed by atoms with Crippen LogP contribution in [-0.2, 0) is 0 Å². The van der Waals surface area contributed by atoms with Crippen LogP contribution in [0.2, 0.25) is 0 Å². The Labute approximate surface area is 121 Å². The Hall–Kier alpha value is -0.610. The molecule has 1 aliphatic rings. The zero-order chi connectivity index (χ0) is 13.8. The van der Waals surface area contributed by atoms with Gasteiger partial charge >= 0.3 is 0 Å². The Kier molecular flexibility index (Phi) is 5.22. The van der Waals surface area contributed by atoms with E-state index in [1.807, 2.05) is 18.8 Å². The van der Waals surface area contributed by atoms with Gasteiger partial charge in [-0.3, -0.25) is 0 Å². The quantitative estimate of drug-likeness (QED) is 0.917. The first kappa shape index (κ1) is 14.8. The van der Waals surface area contributed by atoms with Crippen molar-refractivity contribution in [3.05, 3.63) is 22.8 Å². The molecule has 0 aromatic carbocycles. The molecule has 4 heteroatoms. The zero-order valence-electron chi connectivity index (χ0n) is 12.5. The topological polar surface area (TPSA) is 37.8 Å². The van der Waals surface area contributed by atoms with Crippen LogP contribution in [0.5, 0.6) is 0 Å². The van der Waals surface area contributed by atoms with Crippen LogP contribution < -0.4 is 5.32 Å². The van der Waals surface area contributed by atoms with Crippen molar-refractivity contribution in [2.24, 2.45) is 0 Å². The molecule has 1 aliphatic heterocycles. The van der Waals surface area contributed by atoms with Crippen molar-refractivity contribution in [3.8, 4) is 0 Å². The molecule has 2 rings (SSSR count). The van der Waals surface area contributed by atoms with Crippen LogP contribution in [0, 0.1) is 13.8 Å². The molecule has 1 N–H and O–H groups in total. The monoisotopic (exact) mass is 279 g/mol. The number of hydrogen-bond donors (Lipinski definition) is 1. The van der Waals surface area contributed by atoms with Crippen LogP contribution in [-0.4, -0.2) is 29.3 Å². The lowest BCUT2D eigenvalue weighted by Crippen LogP contribution is -2.19. The first-order chi connectivity index (χ1) is 9.13. The van der Waals surface area contributed by atoms with Gasteiger partial charge in [0.15, 0.2) is 0 Å². The number of rotatable bonds is 4. The highest BCUT2D eigenvalue weighted by Gasteiger charge is 2.21. The van der Waals surface area contributed by atoms with Crippen molar-refractivity contribution in [2.45, 2.75) is 51.2 Å². The lowest BCUT2D eigenvalue weighted by molar-refractivity contribution is 0.637. The minimum Gasteiger partial charge on any atom is -0.319 e. The summed E-state index contributed by atoms with van der Waals surface area (Å²) in [4.78, 5) is 9.60. The van der Waals surface area contributed by atoms with Gasteiger partial charge in [0.1, 0.15) is 5.82 Å². The minimum absolute atomic E-state index is 0.470. The number of aryl methyl sites for hydroxylation is 2. The number of hydrogen-bond acceptors (Lipinski definition) is 4. The maximum absolute atomic E-state index is 4.80. The summed E-state index contributed by atoms with van der Waals surface area (Å²) >= 11 is 2.02. The summed E-state index contributed by atoms with van der Waals surface area (Å²) in [7, 11) is 2.00. The molecule has 0 spiro atoms. The standard InChI is InChI=1S/C15H25N3S/c1-10(9-16-4)14-11(2)17-15(18-12(14)3)13-7-5-6-8-19-13/h10,13,16H,5-9H2,1-4H3. The molecule has 0 amide bonds. The summed E-state index contributed by atoms with van der Waals surface area (Å²) in [5.41, 5.74) is 3.65. The third kappa shape index (κ3) is 3.48. The van der Waals surface area contributed by atoms with Gasteiger partial charge in [0.25, 0.3) is 0 Å². The number of aromatic nitrogens is 2. The highest BCUT2D eigenvalue weighted by Crippen LogP contribution is 2.37. The Morgan fingerprint density at radius 3 is 2.47 bits per heavy atom. The third-order valence-electron chi connectivity index (χ3n) is 3.81. The first-order valence-electron chi connectivity index (χ1n) is 7.24. The van der Waals surface area contributed by atoms with Crippen molar-refractivity contribution in [1.29, 1.82) is 0 Å². The van der Waals surface area contributed by atoms with E-state index in [9.17, 15) is 0 Å². The predicted octanol–water partition coefficient (Wildman–Crippen LogP) is 3.37. The number of nitrogens with one attached hydrogen (secondary N) is 1. The second kappa shape index (κ2) is 6.71. The second-order valence-electron chi connectivity index (χ2n) is 5.48. The first-order valence-corrected chi connectivity index (χ1v) is 8.29. The third-order valence-corrected chi connectivity index (χ3v) is 5.19. The Morgan fingerprint density at radius 2 is 1.95 bits per heavy atom. The highest BCUT2D eigenvalue weighted by atomic mass is 32.2. The average molecular weight is 279 g/mol. The molecule has 106 valence electrons. The fraction of sp³-hybridized carbons (Fsp3) is 0.733. The van der Waals surface area contributed by atoms with Gasteiger partial charge in [-0.1, -0.05) is 13.3 Å². The van der Waals surface area contributed by atoms with Gasteiger partial charge in [0.2, 0.25) is 0 Å². The largest absolute Gasteiger partial charge is 0.319 e. The molecule has 2 heterocycles. The Morgan fingerprint density at radius 1 is 1.26 bits per heavy atom. The van der Waals surface area contributed by atoms with Crippen LogP contribution in [0.15, 0.2) is 0 Å². The van der Waals surface area contributed by atoms with Gasteiger partial charge in [0.05, 0.1) is 5.25 Å². The summed E-state index contributed by atoms with van der Waals surface area (Å²) < 4.78 is 0. The van der Waals surface area contributed by atoms with Gasteiger partial charge in [0, 0.05) is 17.9 Å². The molecule has 1 saturated heterocycles. The Bertz CT molecular complexity index is 404. The van der Waals surface area contributed by atoms with E-state index in [0.717, 1.165) is 23.8 Å². The lowest BCUT2D eigenvalue weighted by Gasteiger charge is -2.23. The molecule has 0 bridgehead atoms.